The fraction of sp³-hybridized carbons (Fsp3) is 0.200. The Hall–Kier alpha value is -2.74. The predicted molar refractivity (Wildman–Crippen MR) is 100 cm³/mol. The van der Waals surface area contributed by atoms with Crippen LogP contribution in [0.3, 0.4) is 0 Å². The van der Waals surface area contributed by atoms with Crippen LogP contribution in [-0.2, 0) is 17.4 Å². The van der Waals surface area contributed by atoms with E-state index in [9.17, 15) is 18.0 Å². The van der Waals surface area contributed by atoms with Gasteiger partial charge in [-0.3, -0.25) is 9.89 Å². The largest absolute Gasteiger partial charge is 0.481 e. The van der Waals surface area contributed by atoms with Gasteiger partial charge in [-0.15, -0.1) is 11.8 Å². The normalized spacial score (nSPS) is 12.7. The quantitative estimate of drug-likeness (QED) is 0.549. The first-order valence-electron chi connectivity index (χ1n) is 8.38. The zero-order chi connectivity index (χ0) is 20.3. The SMILES string of the molecule is Cc1[nH]ncc1C(Sc1cccc(CC(=O)O)c1)c1ccc(C(F)(F)F)cc1. The number of aryl methyl sites for hydroxylation is 1. The molecule has 1 aromatic heterocycles. The van der Waals surface area contributed by atoms with Crippen LogP contribution in [0.2, 0.25) is 0 Å². The van der Waals surface area contributed by atoms with Crippen molar-refractivity contribution in [3.05, 3.63) is 82.7 Å². The minimum absolute atomic E-state index is 0.0932. The summed E-state index contributed by atoms with van der Waals surface area (Å²) in [6.45, 7) is 1.85. The molecule has 0 amide bonds. The highest BCUT2D eigenvalue weighted by molar-refractivity contribution is 7.99. The van der Waals surface area contributed by atoms with Crippen LogP contribution in [0.25, 0.3) is 0 Å². The average Bonchev–Trinajstić information content (AvgIpc) is 3.04. The molecule has 0 radical (unpaired) electrons. The number of aromatic nitrogens is 2. The number of aliphatic carboxylic acids is 1. The summed E-state index contributed by atoms with van der Waals surface area (Å²) in [6.07, 6.45) is -2.83. The van der Waals surface area contributed by atoms with E-state index in [1.54, 1.807) is 24.4 Å². The van der Waals surface area contributed by atoms with Gasteiger partial charge in [-0.1, -0.05) is 24.3 Å². The summed E-state index contributed by atoms with van der Waals surface area (Å²) in [5.41, 5.74) is 2.33. The Kier molecular flexibility index (Phi) is 5.79. The maximum Gasteiger partial charge on any atom is 0.416 e. The Labute approximate surface area is 163 Å². The molecule has 0 saturated heterocycles. The van der Waals surface area contributed by atoms with Crippen molar-refractivity contribution < 1.29 is 23.1 Å². The number of halogens is 3. The molecule has 0 spiro atoms. The summed E-state index contributed by atoms with van der Waals surface area (Å²) >= 11 is 1.43. The number of aromatic amines is 1. The zero-order valence-corrected chi connectivity index (χ0v) is 15.6. The van der Waals surface area contributed by atoms with Gasteiger partial charge in [0.25, 0.3) is 0 Å². The van der Waals surface area contributed by atoms with Gasteiger partial charge in [0.15, 0.2) is 0 Å². The summed E-state index contributed by atoms with van der Waals surface area (Å²) < 4.78 is 38.7. The van der Waals surface area contributed by atoms with Crippen LogP contribution in [0.5, 0.6) is 0 Å². The molecular weight excluding hydrogens is 389 g/mol. The summed E-state index contributed by atoms with van der Waals surface area (Å²) in [7, 11) is 0. The Morgan fingerprint density at radius 2 is 1.93 bits per heavy atom. The molecule has 3 rings (SSSR count). The van der Waals surface area contributed by atoms with Gasteiger partial charge in [-0.05, 0) is 42.3 Å². The molecule has 4 nitrogen and oxygen atoms in total. The molecule has 0 fully saturated rings. The van der Waals surface area contributed by atoms with E-state index < -0.39 is 17.7 Å². The van der Waals surface area contributed by atoms with Gasteiger partial charge in [0, 0.05) is 16.2 Å². The number of nitrogens with zero attached hydrogens (tertiary/aromatic N) is 1. The van der Waals surface area contributed by atoms with E-state index in [0.29, 0.717) is 11.1 Å². The maximum atomic E-state index is 12.9. The second-order valence-corrected chi connectivity index (χ2v) is 7.46. The maximum absolute atomic E-state index is 12.9. The summed E-state index contributed by atoms with van der Waals surface area (Å²) in [5, 5.41) is 15.6. The Bertz CT molecular complexity index is 968. The minimum Gasteiger partial charge on any atom is -0.481 e. The highest BCUT2D eigenvalue weighted by atomic mass is 32.2. The molecule has 0 aliphatic rings. The molecular formula is C20H17F3N2O2S. The number of H-pyrrole nitrogens is 1. The van der Waals surface area contributed by atoms with Crippen molar-refractivity contribution in [2.24, 2.45) is 0 Å². The molecule has 146 valence electrons. The van der Waals surface area contributed by atoms with E-state index in [1.807, 2.05) is 13.0 Å². The second kappa shape index (κ2) is 8.10. The van der Waals surface area contributed by atoms with Gasteiger partial charge < -0.3 is 5.11 Å². The van der Waals surface area contributed by atoms with Crippen molar-refractivity contribution >= 4 is 17.7 Å². The molecule has 1 unspecified atom stereocenters. The average molecular weight is 406 g/mol. The van der Waals surface area contributed by atoms with Gasteiger partial charge in [-0.25, -0.2) is 0 Å². The van der Waals surface area contributed by atoms with Crippen LogP contribution >= 0.6 is 11.8 Å². The zero-order valence-electron chi connectivity index (χ0n) is 14.8. The van der Waals surface area contributed by atoms with Crippen LogP contribution in [0.15, 0.2) is 59.6 Å². The molecule has 1 atom stereocenters. The monoisotopic (exact) mass is 406 g/mol. The molecule has 2 aromatic carbocycles. The number of carboxylic acid groups (broad SMARTS) is 1. The fourth-order valence-corrected chi connectivity index (χ4v) is 4.13. The molecule has 2 N–H and O–H groups in total. The molecule has 0 aliphatic carbocycles. The van der Waals surface area contributed by atoms with Crippen molar-refractivity contribution in [2.45, 2.75) is 29.7 Å². The number of benzene rings is 2. The predicted octanol–water partition coefficient (Wildman–Crippen LogP) is 5.25. The summed E-state index contributed by atoms with van der Waals surface area (Å²) in [4.78, 5) is 11.8. The molecule has 1 heterocycles. The number of hydrogen-bond donors (Lipinski definition) is 2. The van der Waals surface area contributed by atoms with Crippen molar-refractivity contribution in [2.75, 3.05) is 0 Å². The van der Waals surface area contributed by atoms with Crippen molar-refractivity contribution in [3.8, 4) is 0 Å². The Morgan fingerprint density at radius 1 is 1.21 bits per heavy atom. The number of thioether (sulfide) groups is 1. The van der Waals surface area contributed by atoms with Crippen molar-refractivity contribution in [1.29, 1.82) is 0 Å². The van der Waals surface area contributed by atoms with Crippen LogP contribution in [0.4, 0.5) is 13.2 Å². The van der Waals surface area contributed by atoms with E-state index in [1.165, 1.54) is 23.9 Å². The molecule has 0 aliphatic heterocycles. The van der Waals surface area contributed by atoms with Crippen LogP contribution in [-0.4, -0.2) is 21.3 Å². The molecule has 0 bridgehead atoms. The standard InChI is InChI=1S/C20H17F3N2O2S/c1-12-17(11-24-25-12)19(14-5-7-15(8-6-14)20(21,22)23)28-16-4-2-3-13(9-16)10-18(26)27/h2-9,11,19H,10H2,1H3,(H,24,25)(H,26,27). The lowest BCUT2D eigenvalue weighted by Crippen LogP contribution is -2.05. The molecule has 0 saturated carbocycles. The topological polar surface area (TPSA) is 66.0 Å². The number of hydrogen-bond acceptors (Lipinski definition) is 3. The first kappa shape index (κ1) is 20.0. The first-order valence-corrected chi connectivity index (χ1v) is 9.26. The van der Waals surface area contributed by atoms with Crippen molar-refractivity contribution in [1.82, 2.24) is 10.2 Å². The Balaban J connectivity index is 1.95. The third kappa shape index (κ3) is 4.75. The lowest BCUT2D eigenvalue weighted by atomic mass is 10.0. The third-order valence-corrected chi connectivity index (χ3v) is 5.49. The third-order valence-electron chi connectivity index (χ3n) is 4.20. The summed E-state index contributed by atoms with van der Waals surface area (Å²) in [6, 6.07) is 12.2. The number of rotatable bonds is 6. The first-order chi connectivity index (χ1) is 13.2. The van der Waals surface area contributed by atoms with Gasteiger partial charge >= 0.3 is 12.1 Å². The van der Waals surface area contributed by atoms with Gasteiger partial charge in [-0.2, -0.15) is 18.3 Å². The fourth-order valence-electron chi connectivity index (χ4n) is 2.82. The lowest BCUT2D eigenvalue weighted by molar-refractivity contribution is -0.138. The van der Waals surface area contributed by atoms with E-state index in [-0.39, 0.29) is 11.7 Å². The smallest absolute Gasteiger partial charge is 0.416 e. The van der Waals surface area contributed by atoms with Crippen LogP contribution in [0.1, 0.15) is 33.2 Å². The van der Waals surface area contributed by atoms with Gasteiger partial charge in [0.2, 0.25) is 0 Å². The lowest BCUT2D eigenvalue weighted by Gasteiger charge is -2.18. The number of nitrogens with one attached hydrogen (secondary N) is 1. The Morgan fingerprint density at radius 3 is 2.50 bits per heavy atom. The van der Waals surface area contributed by atoms with Gasteiger partial charge in [0.05, 0.1) is 23.4 Å². The van der Waals surface area contributed by atoms with Crippen LogP contribution in [0, 0.1) is 6.92 Å². The van der Waals surface area contributed by atoms with E-state index in [2.05, 4.69) is 10.2 Å². The van der Waals surface area contributed by atoms with Crippen LogP contribution < -0.4 is 0 Å². The summed E-state index contributed by atoms with van der Waals surface area (Å²) in [5.74, 6) is -0.924. The number of alkyl halides is 3. The van der Waals surface area contributed by atoms with E-state index in [0.717, 1.165) is 28.3 Å². The number of carboxylic acids is 1. The minimum atomic E-state index is -4.39. The second-order valence-electron chi connectivity index (χ2n) is 6.29. The van der Waals surface area contributed by atoms with Gasteiger partial charge in [0.1, 0.15) is 0 Å². The molecule has 8 heteroatoms. The van der Waals surface area contributed by atoms with Crippen molar-refractivity contribution in [3.63, 3.8) is 0 Å². The highest BCUT2D eigenvalue weighted by Gasteiger charge is 2.30. The van der Waals surface area contributed by atoms with E-state index in [4.69, 9.17) is 5.11 Å². The number of carbonyl (C=O) groups is 1. The molecule has 28 heavy (non-hydrogen) atoms. The molecule has 3 aromatic rings. The highest BCUT2D eigenvalue weighted by Crippen LogP contribution is 2.42. The van der Waals surface area contributed by atoms with E-state index >= 15 is 0 Å².